The van der Waals surface area contributed by atoms with Gasteiger partial charge < -0.3 is 20.2 Å². The van der Waals surface area contributed by atoms with Crippen molar-refractivity contribution in [3.05, 3.63) is 26.9 Å². The lowest BCUT2D eigenvalue weighted by Crippen LogP contribution is -2.31. The van der Waals surface area contributed by atoms with Crippen molar-refractivity contribution >= 4 is 34.3 Å². The quantitative estimate of drug-likeness (QED) is 0.414. The summed E-state index contributed by atoms with van der Waals surface area (Å²) in [6.45, 7) is 0. The van der Waals surface area contributed by atoms with Crippen LogP contribution in [0.15, 0.2) is 16.7 Å². The fourth-order valence-corrected chi connectivity index (χ4v) is 1.16. The summed E-state index contributed by atoms with van der Waals surface area (Å²) in [7, 11) is -1.75. The van der Waals surface area contributed by atoms with Crippen molar-refractivity contribution in [2.24, 2.45) is 0 Å². The molecule has 1 aromatic heterocycles. The van der Waals surface area contributed by atoms with Gasteiger partial charge in [-0.1, -0.05) is 0 Å². The number of hydrogen-bond donors (Lipinski definition) is 2. The first-order valence-corrected chi connectivity index (χ1v) is 3.97. The van der Waals surface area contributed by atoms with E-state index in [1.807, 2.05) is 0 Å². The summed E-state index contributed by atoms with van der Waals surface area (Å²) in [5.41, 5.74) is 0.0155. The van der Waals surface area contributed by atoms with Gasteiger partial charge in [0.15, 0.2) is 6.20 Å². The summed E-state index contributed by atoms with van der Waals surface area (Å²) in [5, 5.41) is 27.8. The zero-order valence-corrected chi connectivity index (χ0v) is 7.80. The van der Waals surface area contributed by atoms with Crippen molar-refractivity contribution in [1.82, 2.24) is 4.98 Å². The Morgan fingerprint density at radius 1 is 1.62 bits per heavy atom. The summed E-state index contributed by atoms with van der Waals surface area (Å²) >= 11 is 2.98. The Balaban J connectivity index is 3.19. The largest absolute Gasteiger partial charge is 0.490 e. The minimum absolute atomic E-state index is 0.0155. The van der Waals surface area contributed by atoms with Gasteiger partial charge in [0.1, 0.15) is 0 Å². The van der Waals surface area contributed by atoms with Crippen molar-refractivity contribution in [3.63, 3.8) is 0 Å². The lowest BCUT2D eigenvalue weighted by Gasteiger charge is -2.00. The van der Waals surface area contributed by atoms with Gasteiger partial charge in [-0.25, -0.2) is 0 Å². The molecule has 6 nitrogen and oxygen atoms in total. The van der Waals surface area contributed by atoms with Gasteiger partial charge in [0.2, 0.25) is 0 Å². The third-order valence-corrected chi connectivity index (χ3v) is 2.00. The lowest BCUT2D eigenvalue weighted by molar-refractivity contribution is -0.389. The zero-order valence-electron chi connectivity index (χ0n) is 6.22. The number of halogens is 1. The third kappa shape index (κ3) is 2.23. The van der Waals surface area contributed by atoms with Crippen LogP contribution in [0.4, 0.5) is 5.82 Å². The molecular weight excluding hydrogens is 243 g/mol. The van der Waals surface area contributed by atoms with E-state index in [4.69, 9.17) is 10.0 Å². The molecule has 0 amide bonds. The summed E-state index contributed by atoms with van der Waals surface area (Å²) in [5.74, 6) is -0.425. The second-order valence-corrected chi connectivity index (χ2v) is 3.05. The summed E-state index contributed by atoms with van der Waals surface area (Å²) in [6, 6.07) is 0.995. The van der Waals surface area contributed by atoms with E-state index in [0.717, 1.165) is 12.3 Å². The molecule has 0 radical (unpaired) electrons. The van der Waals surface area contributed by atoms with E-state index in [1.165, 1.54) is 0 Å². The highest BCUT2D eigenvalue weighted by Gasteiger charge is 2.20. The van der Waals surface area contributed by atoms with Gasteiger partial charge in [0.25, 0.3) is 0 Å². The van der Waals surface area contributed by atoms with Crippen LogP contribution in [-0.4, -0.2) is 27.1 Å². The molecule has 13 heavy (non-hydrogen) atoms. The molecule has 0 spiro atoms. The molecule has 0 aliphatic rings. The normalized spacial score (nSPS) is 9.77. The maximum atomic E-state index is 10.3. The molecule has 1 aromatic rings. The van der Waals surface area contributed by atoms with Crippen LogP contribution in [0, 0.1) is 10.1 Å². The average molecular weight is 247 g/mol. The van der Waals surface area contributed by atoms with E-state index in [2.05, 4.69) is 20.9 Å². The highest BCUT2D eigenvalue weighted by atomic mass is 79.9. The molecule has 0 fully saturated rings. The average Bonchev–Trinajstić information content (AvgIpc) is 2.04. The van der Waals surface area contributed by atoms with Crippen molar-refractivity contribution < 1.29 is 15.0 Å². The molecule has 8 heteroatoms. The van der Waals surface area contributed by atoms with Crippen LogP contribution in [0.3, 0.4) is 0 Å². The van der Waals surface area contributed by atoms with Crippen LogP contribution >= 0.6 is 15.9 Å². The first-order valence-electron chi connectivity index (χ1n) is 3.18. The topological polar surface area (TPSA) is 96.5 Å². The Labute approximate surface area is 81.7 Å². The second kappa shape index (κ2) is 3.82. The van der Waals surface area contributed by atoms with Crippen LogP contribution in [0.25, 0.3) is 0 Å². The van der Waals surface area contributed by atoms with Crippen molar-refractivity contribution in [3.8, 4) is 0 Å². The summed E-state index contributed by atoms with van der Waals surface area (Å²) < 4.78 is 0.313. The Morgan fingerprint density at radius 2 is 2.23 bits per heavy atom. The molecule has 0 bridgehead atoms. The molecule has 68 valence electrons. The predicted molar refractivity (Wildman–Crippen MR) is 48.4 cm³/mol. The predicted octanol–water partition coefficient (Wildman–Crippen LogP) is -0.568. The maximum Gasteiger partial charge on any atom is 0.490 e. The Morgan fingerprint density at radius 3 is 2.69 bits per heavy atom. The van der Waals surface area contributed by atoms with Gasteiger partial charge >= 0.3 is 12.9 Å². The minimum Gasteiger partial charge on any atom is -0.423 e. The van der Waals surface area contributed by atoms with Crippen LogP contribution in [0.2, 0.25) is 0 Å². The number of hydrogen-bond acceptors (Lipinski definition) is 5. The van der Waals surface area contributed by atoms with E-state index in [-0.39, 0.29) is 5.46 Å². The molecule has 1 rings (SSSR count). The van der Waals surface area contributed by atoms with E-state index in [1.54, 1.807) is 0 Å². The summed E-state index contributed by atoms with van der Waals surface area (Å²) in [4.78, 5) is 13.0. The molecule has 0 aromatic carbocycles. The molecular formula is C5H4BBrN2O4. The van der Waals surface area contributed by atoms with Crippen LogP contribution < -0.4 is 5.46 Å². The second-order valence-electron chi connectivity index (χ2n) is 2.19. The van der Waals surface area contributed by atoms with Crippen molar-refractivity contribution in [2.45, 2.75) is 0 Å². The van der Waals surface area contributed by atoms with Gasteiger partial charge in [-0.15, -0.1) is 0 Å². The third-order valence-electron chi connectivity index (χ3n) is 1.34. The lowest BCUT2D eigenvalue weighted by atomic mass is 9.81. The van der Waals surface area contributed by atoms with Gasteiger partial charge in [-0.05, 0) is 25.8 Å². The highest BCUT2D eigenvalue weighted by molar-refractivity contribution is 9.10. The molecule has 0 saturated carbocycles. The first kappa shape index (κ1) is 10.1. The molecule has 2 N–H and O–H groups in total. The number of nitro groups is 1. The molecule has 0 saturated heterocycles. The Bertz CT molecular complexity index is 345. The Kier molecular flexibility index (Phi) is 2.96. The molecule has 1 heterocycles. The monoisotopic (exact) mass is 246 g/mol. The molecule has 0 unspecified atom stereocenters. The van der Waals surface area contributed by atoms with Crippen LogP contribution in [0.5, 0.6) is 0 Å². The van der Waals surface area contributed by atoms with Crippen molar-refractivity contribution in [2.75, 3.05) is 0 Å². The van der Waals surface area contributed by atoms with Gasteiger partial charge in [-0.2, -0.15) is 0 Å². The molecule has 0 atom stereocenters. The van der Waals surface area contributed by atoms with Crippen LogP contribution in [0.1, 0.15) is 0 Å². The molecule has 0 aliphatic heterocycles. The minimum atomic E-state index is -1.75. The van der Waals surface area contributed by atoms with E-state index in [0.29, 0.717) is 4.47 Å². The Hall–Kier alpha value is -0.985. The van der Waals surface area contributed by atoms with Gasteiger partial charge in [0, 0.05) is 11.5 Å². The highest BCUT2D eigenvalue weighted by Crippen LogP contribution is 2.10. The van der Waals surface area contributed by atoms with Crippen LogP contribution in [-0.2, 0) is 0 Å². The van der Waals surface area contributed by atoms with E-state index in [9.17, 15) is 10.1 Å². The zero-order chi connectivity index (χ0) is 10.0. The van der Waals surface area contributed by atoms with Gasteiger partial charge in [0.05, 0.1) is 4.47 Å². The number of aromatic nitrogens is 1. The number of pyridine rings is 1. The number of nitrogens with zero attached hydrogens (tertiary/aromatic N) is 2. The fraction of sp³-hybridized carbons (Fsp3) is 0. The van der Waals surface area contributed by atoms with Crippen molar-refractivity contribution in [1.29, 1.82) is 0 Å². The fourth-order valence-electron chi connectivity index (χ4n) is 0.740. The standard InChI is InChI=1S/C5H4BBrN2O4/c7-4-2-8-5(9(12)13)1-3(4)6(10)11/h1-2,10-11H. The van der Waals surface area contributed by atoms with E-state index < -0.39 is 17.9 Å². The van der Waals surface area contributed by atoms with E-state index >= 15 is 0 Å². The molecule has 0 aliphatic carbocycles. The smallest absolute Gasteiger partial charge is 0.423 e. The maximum absolute atomic E-state index is 10.3. The number of rotatable bonds is 2. The SMILES string of the molecule is O=[N+]([O-])c1cc(B(O)O)c(Br)cn1. The summed E-state index contributed by atoms with van der Waals surface area (Å²) in [6.07, 6.45) is 1.15. The van der Waals surface area contributed by atoms with Gasteiger partial charge in [-0.3, -0.25) is 0 Å². The first-order chi connectivity index (χ1) is 6.02.